The second kappa shape index (κ2) is 4.71. The van der Waals surface area contributed by atoms with E-state index >= 15 is 0 Å². The third kappa shape index (κ3) is 5.39. The van der Waals surface area contributed by atoms with Gasteiger partial charge in [0.05, 0.1) is 0 Å². The molecule has 4 heteroatoms. The van der Waals surface area contributed by atoms with Crippen molar-refractivity contribution in [3.8, 4) is 0 Å². The van der Waals surface area contributed by atoms with E-state index < -0.39 is 5.97 Å². The van der Waals surface area contributed by atoms with Crippen LogP contribution in [0, 0.1) is 5.92 Å². The zero-order chi connectivity index (χ0) is 8.85. The fourth-order valence-electron chi connectivity index (χ4n) is 0.789. The van der Waals surface area contributed by atoms with Crippen LogP contribution in [0.3, 0.4) is 0 Å². The Morgan fingerprint density at radius 3 is 2.36 bits per heavy atom. The summed E-state index contributed by atoms with van der Waals surface area (Å²) in [6.07, 6.45) is 0.330. The minimum absolute atomic E-state index is 0.0490. The molecule has 0 heterocycles. The number of rotatable bonds is 4. The van der Waals surface area contributed by atoms with Crippen LogP contribution in [0.15, 0.2) is 0 Å². The summed E-state index contributed by atoms with van der Waals surface area (Å²) in [4.78, 5) is 20.8. The third-order valence-corrected chi connectivity index (χ3v) is 1.34. The number of carbonyl (C=O) groups is 2. The van der Waals surface area contributed by atoms with E-state index in [0.717, 1.165) is 0 Å². The van der Waals surface area contributed by atoms with E-state index in [9.17, 15) is 9.59 Å². The van der Waals surface area contributed by atoms with Crippen molar-refractivity contribution in [2.45, 2.75) is 19.8 Å². The Morgan fingerprint density at radius 1 is 1.45 bits per heavy atom. The Hall–Kier alpha value is -1.06. The highest BCUT2D eigenvalue weighted by atomic mass is 16.4. The van der Waals surface area contributed by atoms with Crippen molar-refractivity contribution in [2.24, 2.45) is 5.92 Å². The van der Waals surface area contributed by atoms with Crippen LogP contribution in [0.5, 0.6) is 0 Å². The molecular formula is C7H13NO3. The SMILES string of the molecule is CNC(=O)CC(C)CC(=O)O. The molecule has 64 valence electrons. The second-order valence-corrected chi connectivity index (χ2v) is 2.58. The van der Waals surface area contributed by atoms with E-state index in [2.05, 4.69) is 5.32 Å². The Kier molecular flexibility index (Phi) is 4.26. The molecule has 0 rings (SSSR count). The largest absolute Gasteiger partial charge is 0.481 e. The van der Waals surface area contributed by atoms with Crippen molar-refractivity contribution in [1.29, 1.82) is 0 Å². The Bertz CT molecular complexity index is 156. The summed E-state index contributed by atoms with van der Waals surface area (Å²) in [5, 5.41) is 10.8. The van der Waals surface area contributed by atoms with Crippen molar-refractivity contribution in [3.63, 3.8) is 0 Å². The van der Waals surface area contributed by atoms with Crippen LogP contribution in [0.2, 0.25) is 0 Å². The number of carbonyl (C=O) groups excluding carboxylic acids is 1. The lowest BCUT2D eigenvalue weighted by atomic mass is 10.0. The molecule has 0 aromatic rings. The van der Waals surface area contributed by atoms with Gasteiger partial charge in [0.2, 0.25) is 5.91 Å². The van der Waals surface area contributed by atoms with Crippen molar-refractivity contribution >= 4 is 11.9 Å². The minimum atomic E-state index is -0.860. The van der Waals surface area contributed by atoms with Gasteiger partial charge in [-0.2, -0.15) is 0 Å². The molecule has 0 bridgehead atoms. The van der Waals surface area contributed by atoms with Gasteiger partial charge in [0.25, 0.3) is 0 Å². The number of nitrogens with one attached hydrogen (secondary N) is 1. The first-order chi connectivity index (χ1) is 5.06. The molecule has 0 aromatic carbocycles. The van der Waals surface area contributed by atoms with E-state index in [1.54, 1.807) is 6.92 Å². The standard InChI is InChI=1S/C7H13NO3/c1-5(4-7(10)11)3-6(9)8-2/h5H,3-4H2,1-2H3,(H,8,9)(H,10,11). The Labute approximate surface area is 65.6 Å². The molecule has 0 aliphatic rings. The number of hydrogen-bond acceptors (Lipinski definition) is 2. The minimum Gasteiger partial charge on any atom is -0.481 e. The van der Waals surface area contributed by atoms with Gasteiger partial charge in [-0.05, 0) is 5.92 Å². The van der Waals surface area contributed by atoms with Gasteiger partial charge >= 0.3 is 5.97 Å². The lowest BCUT2D eigenvalue weighted by Crippen LogP contribution is -2.21. The summed E-state index contributed by atoms with van der Waals surface area (Å²) >= 11 is 0. The molecule has 0 saturated carbocycles. The zero-order valence-corrected chi connectivity index (χ0v) is 6.76. The first kappa shape index (κ1) is 9.94. The number of amides is 1. The molecule has 0 spiro atoms. The Morgan fingerprint density at radius 2 is 2.00 bits per heavy atom. The van der Waals surface area contributed by atoms with Crippen LogP contribution in [0.4, 0.5) is 0 Å². The molecule has 11 heavy (non-hydrogen) atoms. The molecule has 0 aromatic heterocycles. The van der Waals surface area contributed by atoms with Gasteiger partial charge in [0.1, 0.15) is 0 Å². The van der Waals surface area contributed by atoms with Gasteiger partial charge in [-0.25, -0.2) is 0 Å². The molecule has 0 aliphatic carbocycles. The molecule has 1 atom stereocenters. The van der Waals surface area contributed by atoms with E-state index in [4.69, 9.17) is 5.11 Å². The van der Waals surface area contributed by atoms with Crippen LogP contribution in [-0.4, -0.2) is 24.0 Å². The highest BCUT2D eigenvalue weighted by molar-refractivity contribution is 5.76. The molecule has 4 nitrogen and oxygen atoms in total. The molecule has 0 aliphatic heterocycles. The van der Waals surface area contributed by atoms with Gasteiger partial charge in [-0.15, -0.1) is 0 Å². The van der Waals surface area contributed by atoms with Crippen LogP contribution < -0.4 is 5.32 Å². The van der Waals surface area contributed by atoms with Gasteiger partial charge in [-0.1, -0.05) is 6.92 Å². The lowest BCUT2D eigenvalue weighted by molar-refractivity contribution is -0.138. The van der Waals surface area contributed by atoms with Crippen LogP contribution in [-0.2, 0) is 9.59 Å². The zero-order valence-electron chi connectivity index (χ0n) is 6.76. The summed E-state index contributed by atoms with van der Waals surface area (Å²) in [6.45, 7) is 1.74. The lowest BCUT2D eigenvalue weighted by Gasteiger charge is -2.05. The van der Waals surface area contributed by atoms with Crippen LogP contribution in [0.25, 0.3) is 0 Å². The maximum atomic E-state index is 10.7. The number of carboxylic acids is 1. The fourth-order valence-corrected chi connectivity index (χ4v) is 0.789. The van der Waals surface area contributed by atoms with Crippen molar-refractivity contribution < 1.29 is 14.7 Å². The molecule has 1 unspecified atom stereocenters. The van der Waals surface area contributed by atoms with Gasteiger partial charge in [-0.3, -0.25) is 9.59 Å². The Balaban J connectivity index is 3.60. The average Bonchev–Trinajstić information content (AvgIpc) is 1.85. The second-order valence-electron chi connectivity index (χ2n) is 2.58. The van der Waals surface area contributed by atoms with Gasteiger partial charge < -0.3 is 10.4 Å². The quantitative estimate of drug-likeness (QED) is 0.617. The third-order valence-electron chi connectivity index (χ3n) is 1.34. The maximum Gasteiger partial charge on any atom is 0.303 e. The van der Waals surface area contributed by atoms with E-state index in [-0.39, 0.29) is 24.7 Å². The molecular weight excluding hydrogens is 146 g/mol. The monoisotopic (exact) mass is 159 g/mol. The fraction of sp³-hybridized carbons (Fsp3) is 0.714. The number of aliphatic carboxylic acids is 1. The summed E-state index contributed by atoms with van der Waals surface area (Å²) in [6, 6.07) is 0. The van der Waals surface area contributed by atoms with Crippen molar-refractivity contribution in [1.82, 2.24) is 5.32 Å². The van der Waals surface area contributed by atoms with Gasteiger partial charge in [0.15, 0.2) is 0 Å². The maximum absolute atomic E-state index is 10.7. The summed E-state index contributed by atoms with van der Waals surface area (Å²) in [5.74, 6) is -1.06. The number of carboxylic acid groups (broad SMARTS) is 1. The predicted molar refractivity (Wildman–Crippen MR) is 40.1 cm³/mol. The van der Waals surface area contributed by atoms with Crippen molar-refractivity contribution in [3.05, 3.63) is 0 Å². The summed E-state index contributed by atoms with van der Waals surface area (Å²) in [5.41, 5.74) is 0. The molecule has 2 N–H and O–H groups in total. The van der Waals surface area contributed by atoms with Crippen LogP contribution >= 0.6 is 0 Å². The summed E-state index contributed by atoms with van der Waals surface area (Å²) < 4.78 is 0. The number of hydrogen-bond donors (Lipinski definition) is 2. The van der Waals surface area contributed by atoms with E-state index in [1.807, 2.05) is 0 Å². The molecule has 1 amide bonds. The average molecular weight is 159 g/mol. The predicted octanol–water partition coefficient (Wildman–Crippen LogP) is 0.233. The normalized spacial score (nSPS) is 12.2. The van der Waals surface area contributed by atoms with E-state index in [0.29, 0.717) is 0 Å². The topological polar surface area (TPSA) is 66.4 Å². The molecule has 0 fully saturated rings. The smallest absolute Gasteiger partial charge is 0.303 e. The van der Waals surface area contributed by atoms with Crippen LogP contribution in [0.1, 0.15) is 19.8 Å². The highest BCUT2D eigenvalue weighted by Crippen LogP contribution is 2.06. The first-order valence-corrected chi connectivity index (χ1v) is 3.48. The first-order valence-electron chi connectivity index (χ1n) is 3.48. The molecule has 0 saturated heterocycles. The highest BCUT2D eigenvalue weighted by Gasteiger charge is 2.10. The van der Waals surface area contributed by atoms with Gasteiger partial charge in [0, 0.05) is 19.9 Å². The molecule has 0 radical (unpaired) electrons. The summed E-state index contributed by atoms with van der Waals surface area (Å²) in [7, 11) is 1.54. The van der Waals surface area contributed by atoms with E-state index in [1.165, 1.54) is 7.05 Å². The van der Waals surface area contributed by atoms with Crippen molar-refractivity contribution in [2.75, 3.05) is 7.05 Å².